The predicted molar refractivity (Wildman–Crippen MR) is 72.9 cm³/mol. The SMILES string of the molecule is CSC1CCC(NC2CCC(N)CC2)CC1. The van der Waals surface area contributed by atoms with Crippen molar-refractivity contribution in [2.45, 2.75) is 74.7 Å². The van der Waals surface area contributed by atoms with Crippen LogP contribution >= 0.6 is 11.8 Å². The lowest BCUT2D eigenvalue weighted by Gasteiger charge is -2.34. The molecule has 0 aliphatic heterocycles. The van der Waals surface area contributed by atoms with Crippen molar-refractivity contribution in [1.29, 1.82) is 0 Å². The van der Waals surface area contributed by atoms with Crippen LogP contribution in [0.1, 0.15) is 51.4 Å². The lowest BCUT2D eigenvalue weighted by atomic mass is 9.89. The summed E-state index contributed by atoms with van der Waals surface area (Å²) in [6, 6.07) is 2.03. The monoisotopic (exact) mass is 242 g/mol. The minimum Gasteiger partial charge on any atom is -0.328 e. The third-order valence-electron chi connectivity index (χ3n) is 4.25. The van der Waals surface area contributed by atoms with Crippen molar-refractivity contribution in [2.75, 3.05) is 6.26 Å². The van der Waals surface area contributed by atoms with E-state index < -0.39 is 0 Å². The van der Waals surface area contributed by atoms with Crippen LogP contribution in [0.5, 0.6) is 0 Å². The Labute approximate surface area is 104 Å². The minimum atomic E-state index is 0.477. The van der Waals surface area contributed by atoms with E-state index in [0.29, 0.717) is 6.04 Å². The van der Waals surface area contributed by atoms with Crippen LogP contribution in [0, 0.1) is 0 Å². The topological polar surface area (TPSA) is 38.0 Å². The summed E-state index contributed by atoms with van der Waals surface area (Å²) in [4.78, 5) is 0. The Morgan fingerprint density at radius 1 is 0.875 bits per heavy atom. The summed E-state index contributed by atoms with van der Waals surface area (Å²) in [6.07, 6.45) is 12.9. The maximum Gasteiger partial charge on any atom is 0.00708 e. The fourth-order valence-corrected chi connectivity index (χ4v) is 3.83. The van der Waals surface area contributed by atoms with Crippen LogP contribution in [0.15, 0.2) is 0 Å². The molecule has 2 aliphatic rings. The van der Waals surface area contributed by atoms with Crippen LogP contribution in [0.3, 0.4) is 0 Å². The van der Waals surface area contributed by atoms with E-state index in [4.69, 9.17) is 5.73 Å². The molecule has 0 aromatic heterocycles. The zero-order valence-corrected chi connectivity index (χ0v) is 11.3. The second-order valence-corrected chi connectivity index (χ2v) is 6.63. The fraction of sp³-hybridized carbons (Fsp3) is 1.00. The average molecular weight is 242 g/mol. The van der Waals surface area contributed by atoms with Gasteiger partial charge in [-0.1, -0.05) is 0 Å². The van der Waals surface area contributed by atoms with Gasteiger partial charge in [-0.25, -0.2) is 0 Å². The number of nitrogens with two attached hydrogens (primary N) is 1. The number of hydrogen-bond donors (Lipinski definition) is 2. The fourth-order valence-electron chi connectivity index (χ4n) is 3.08. The van der Waals surface area contributed by atoms with Crippen molar-refractivity contribution in [3.05, 3.63) is 0 Å². The third-order valence-corrected chi connectivity index (χ3v) is 5.39. The first-order valence-electron chi connectivity index (χ1n) is 6.82. The molecule has 2 nitrogen and oxygen atoms in total. The van der Waals surface area contributed by atoms with Gasteiger partial charge in [0.1, 0.15) is 0 Å². The summed E-state index contributed by atoms with van der Waals surface area (Å²) in [6.45, 7) is 0. The highest BCUT2D eigenvalue weighted by atomic mass is 32.2. The van der Waals surface area contributed by atoms with Crippen LogP contribution < -0.4 is 11.1 Å². The van der Waals surface area contributed by atoms with E-state index in [1.54, 1.807) is 0 Å². The molecule has 3 heteroatoms. The van der Waals surface area contributed by atoms with Crippen molar-refractivity contribution < 1.29 is 0 Å². The molecule has 2 aliphatic carbocycles. The Hall–Kier alpha value is 0.270. The molecule has 0 amide bonds. The summed E-state index contributed by atoms with van der Waals surface area (Å²) < 4.78 is 0. The van der Waals surface area contributed by atoms with E-state index in [2.05, 4.69) is 11.6 Å². The molecule has 0 saturated heterocycles. The first-order valence-corrected chi connectivity index (χ1v) is 8.11. The first-order chi connectivity index (χ1) is 7.78. The third kappa shape index (κ3) is 3.64. The maximum atomic E-state index is 5.94. The molecule has 0 radical (unpaired) electrons. The van der Waals surface area contributed by atoms with Crippen molar-refractivity contribution in [1.82, 2.24) is 5.32 Å². The van der Waals surface area contributed by atoms with Crippen LogP contribution in [0.2, 0.25) is 0 Å². The van der Waals surface area contributed by atoms with Crippen molar-refractivity contribution >= 4 is 11.8 Å². The van der Waals surface area contributed by atoms with Gasteiger partial charge in [0.2, 0.25) is 0 Å². The second kappa shape index (κ2) is 6.27. The molecule has 0 aromatic carbocycles. The van der Waals surface area contributed by atoms with E-state index in [0.717, 1.165) is 17.3 Å². The summed E-state index contributed by atoms with van der Waals surface area (Å²) in [7, 11) is 0. The highest BCUT2D eigenvalue weighted by Crippen LogP contribution is 2.28. The molecule has 2 fully saturated rings. The lowest BCUT2D eigenvalue weighted by Crippen LogP contribution is -2.44. The largest absolute Gasteiger partial charge is 0.328 e. The van der Waals surface area contributed by atoms with Gasteiger partial charge in [-0.15, -0.1) is 0 Å². The Morgan fingerprint density at radius 2 is 1.38 bits per heavy atom. The van der Waals surface area contributed by atoms with Gasteiger partial charge >= 0.3 is 0 Å². The van der Waals surface area contributed by atoms with Crippen molar-refractivity contribution in [3.8, 4) is 0 Å². The molecule has 94 valence electrons. The Morgan fingerprint density at radius 3 is 1.88 bits per heavy atom. The Balaban J connectivity index is 1.66. The van der Waals surface area contributed by atoms with Gasteiger partial charge in [-0.2, -0.15) is 11.8 Å². The maximum absolute atomic E-state index is 5.94. The number of hydrogen-bond acceptors (Lipinski definition) is 3. The van der Waals surface area contributed by atoms with Gasteiger partial charge < -0.3 is 11.1 Å². The summed E-state index contributed by atoms with van der Waals surface area (Å²) in [5, 5.41) is 4.79. The molecule has 0 spiro atoms. The standard InChI is InChI=1S/C13H26N2S/c1-16-13-8-6-12(7-9-13)15-11-4-2-10(14)3-5-11/h10-13,15H,2-9,14H2,1H3. The highest BCUT2D eigenvalue weighted by Gasteiger charge is 2.24. The molecule has 0 bridgehead atoms. The van der Waals surface area contributed by atoms with Crippen molar-refractivity contribution in [3.63, 3.8) is 0 Å². The summed E-state index contributed by atoms with van der Waals surface area (Å²) >= 11 is 2.05. The molecule has 2 rings (SSSR count). The molecule has 0 unspecified atom stereocenters. The molecule has 0 heterocycles. The smallest absolute Gasteiger partial charge is 0.00708 e. The zero-order chi connectivity index (χ0) is 11.4. The van der Waals surface area contributed by atoms with Gasteiger partial charge in [0.25, 0.3) is 0 Å². The molecular weight excluding hydrogens is 216 g/mol. The van der Waals surface area contributed by atoms with Gasteiger partial charge in [-0.05, 0) is 57.6 Å². The van der Waals surface area contributed by atoms with Crippen LogP contribution in [-0.2, 0) is 0 Å². The van der Waals surface area contributed by atoms with Gasteiger partial charge in [-0.3, -0.25) is 0 Å². The molecule has 3 N–H and O–H groups in total. The second-order valence-electron chi connectivity index (χ2n) is 5.49. The van der Waals surface area contributed by atoms with Crippen molar-refractivity contribution in [2.24, 2.45) is 5.73 Å². The van der Waals surface area contributed by atoms with Crippen LogP contribution in [0.4, 0.5) is 0 Å². The van der Waals surface area contributed by atoms with E-state index in [9.17, 15) is 0 Å². The average Bonchev–Trinajstić information content (AvgIpc) is 2.33. The predicted octanol–water partition coefficient (Wildman–Crippen LogP) is 2.52. The first kappa shape index (κ1) is 12.7. The number of nitrogens with one attached hydrogen (secondary N) is 1. The minimum absolute atomic E-state index is 0.477. The van der Waals surface area contributed by atoms with E-state index in [-0.39, 0.29) is 0 Å². The number of rotatable bonds is 3. The molecule has 16 heavy (non-hydrogen) atoms. The van der Waals surface area contributed by atoms with Gasteiger partial charge in [0.15, 0.2) is 0 Å². The Bertz CT molecular complexity index is 194. The normalized spacial score (nSPS) is 40.9. The van der Waals surface area contributed by atoms with E-state index >= 15 is 0 Å². The quantitative estimate of drug-likeness (QED) is 0.798. The zero-order valence-electron chi connectivity index (χ0n) is 10.5. The summed E-state index contributed by atoms with van der Waals surface area (Å²) in [5.41, 5.74) is 5.94. The lowest BCUT2D eigenvalue weighted by molar-refractivity contribution is 0.281. The summed E-state index contributed by atoms with van der Waals surface area (Å²) in [5.74, 6) is 0. The molecule has 2 saturated carbocycles. The van der Waals surface area contributed by atoms with Gasteiger partial charge in [0, 0.05) is 23.4 Å². The molecular formula is C13H26N2S. The number of thioether (sulfide) groups is 1. The van der Waals surface area contributed by atoms with Crippen LogP contribution in [0.25, 0.3) is 0 Å². The van der Waals surface area contributed by atoms with E-state index in [1.807, 2.05) is 11.8 Å². The van der Waals surface area contributed by atoms with Gasteiger partial charge in [0.05, 0.1) is 0 Å². The Kier molecular flexibility index (Phi) is 4.98. The molecule has 0 atom stereocenters. The van der Waals surface area contributed by atoms with E-state index in [1.165, 1.54) is 51.4 Å². The molecule has 0 aromatic rings. The van der Waals surface area contributed by atoms with Crippen LogP contribution in [-0.4, -0.2) is 29.6 Å². The highest BCUT2D eigenvalue weighted by molar-refractivity contribution is 7.99.